The van der Waals surface area contributed by atoms with Gasteiger partial charge in [0.15, 0.2) is 0 Å². The van der Waals surface area contributed by atoms with E-state index in [1.165, 1.54) is 6.07 Å². The molecule has 7 heteroatoms. The van der Waals surface area contributed by atoms with E-state index < -0.39 is 0 Å². The molecule has 1 aromatic heterocycles. The van der Waals surface area contributed by atoms with Crippen LogP contribution in [0, 0.1) is 11.7 Å². The summed E-state index contributed by atoms with van der Waals surface area (Å²) in [4.78, 5) is 29.8. The fraction of sp³-hybridized carbons (Fsp3) is 0.304. The van der Waals surface area contributed by atoms with E-state index in [1.807, 2.05) is 24.3 Å². The Kier molecular flexibility index (Phi) is 5.70. The van der Waals surface area contributed by atoms with Gasteiger partial charge in [-0.2, -0.15) is 0 Å². The van der Waals surface area contributed by atoms with Crippen molar-refractivity contribution >= 4 is 22.7 Å². The Bertz CT molecular complexity index is 1080. The molecule has 4 rings (SSSR count). The summed E-state index contributed by atoms with van der Waals surface area (Å²) < 4.78 is 19.2. The first-order chi connectivity index (χ1) is 14.5. The number of nitrogens with zero attached hydrogens (tertiary/aromatic N) is 1. The van der Waals surface area contributed by atoms with E-state index in [0.29, 0.717) is 31.5 Å². The van der Waals surface area contributed by atoms with Crippen molar-refractivity contribution in [1.82, 2.24) is 15.2 Å². The highest BCUT2D eigenvalue weighted by molar-refractivity contribution is 5.84. The molecule has 1 saturated heterocycles. The van der Waals surface area contributed by atoms with Crippen LogP contribution in [0.1, 0.15) is 24.1 Å². The molecule has 2 amide bonds. The predicted molar refractivity (Wildman–Crippen MR) is 111 cm³/mol. The fourth-order valence-electron chi connectivity index (χ4n) is 3.83. The van der Waals surface area contributed by atoms with E-state index in [-0.39, 0.29) is 30.1 Å². The molecule has 1 atom stereocenters. The number of aromatic amines is 1. The number of hydrogen-bond acceptors (Lipinski definition) is 3. The van der Waals surface area contributed by atoms with Crippen molar-refractivity contribution in [2.45, 2.75) is 25.9 Å². The van der Waals surface area contributed by atoms with E-state index in [4.69, 9.17) is 4.74 Å². The molecular formula is C23H24FN3O3. The first kappa shape index (κ1) is 19.9. The van der Waals surface area contributed by atoms with Crippen LogP contribution in [0.4, 0.5) is 4.39 Å². The molecule has 30 heavy (non-hydrogen) atoms. The Balaban J connectivity index is 1.37. The summed E-state index contributed by atoms with van der Waals surface area (Å²) in [6, 6.07) is 14.1. The van der Waals surface area contributed by atoms with Crippen LogP contribution in [-0.4, -0.2) is 35.4 Å². The van der Waals surface area contributed by atoms with E-state index in [1.54, 1.807) is 30.2 Å². The van der Waals surface area contributed by atoms with Crippen LogP contribution in [0.15, 0.2) is 48.5 Å². The number of amides is 2. The number of benzene rings is 2. The smallest absolute Gasteiger partial charge is 0.225 e. The van der Waals surface area contributed by atoms with Crippen LogP contribution >= 0.6 is 0 Å². The largest absolute Gasteiger partial charge is 0.497 e. The zero-order chi connectivity index (χ0) is 21.1. The third-order valence-corrected chi connectivity index (χ3v) is 5.53. The van der Waals surface area contributed by atoms with Gasteiger partial charge in [-0.3, -0.25) is 9.59 Å². The molecule has 6 nitrogen and oxygen atoms in total. The normalized spacial score (nSPS) is 16.7. The van der Waals surface area contributed by atoms with Crippen molar-refractivity contribution in [3.63, 3.8) is 0 Å². The molecule has 2 heterocycles. The first-order valence-corrected chi connectivity index (χ1v) is 9.98. The lowest BCUT2D eigenvalue weighted by Crippen LogP contribution is -2.45. The van der Waals surface area contributed by atoms with Crippen LogP contribution in [0.25, 0.3) is 10.9 Å². The van der Waals surface area contributed by atoms with Gasteiger partial charge in [0.2, 0.25) is 11.8 Å². The van der Waals surface area contributed by atoms with Crippen molar-refractivity contribution in [2.24, 2.45) is 5.92 Å². The van der Waals surface area contributed by atoms with Gasteiger partial charge in [-0.15, -0.1) is 0 Å². The molecule has 0 unspecified atom stereocenters. The quantitative estimate of drug-likeness (QED) is 0.656. The van der Waals surface area contributed by atoms with Gasteiger partial charge in [-0.1, -0.05) is 18.2 Å². The molecule has 0 aliphatic carbocycles. The molecule has 1 aliphatic heterocycles. The summed E-state index contributed by atoms with van der Waals surface area (Å²) in [5.41, 5.74) is 2.32. The van der Waals surface area contributed by atoms with Gasteiger partial charge in [0.05, 0.1) is 19.6 Å². The Morgan fingerprint density at radius 2 is 2.10 bits per heavy atom. The third-order valence-electron chi connectivity index (χ3n) is 5.53. The number of fused-ring (bicyclic) bond motifs is 1. The second-order valence-corrected chi connectivity index (χ2v) is 7.57. The summed E-state index contributed by atoms with van der Waals surface area (Å²) in [6.45, 7) is 0.843. The zero-order valence-corrected chi connectivity index (χ0v) is 16.8. The van der Waals surface area contributed by atoms with Crippen molar-refractivity contribution in [3.05, 3.63) is 65.6 Å². The lowest BCUT2D eigenvalue weighted by Gasteiger charge is -2.32. The number of likely N-dealkylation sites (tertiary alicyclic amines) is 1. The Morgan fingerprint density at radius 3 is 2.90 bits per heavy atom. The number of carbonyl (C=O) groups is 2. The number of H-pyrrole nitrogens is 1. The van der Waals surface area contributed by atoms with E-state index in [2.05, 4.69) is 10.3 Å². The number of halogens is 1. The Labute approximate surface area is 174 Å². The Hall–Kier alpha value is -3.35. The summed E-state index contributed by atoms with van der Waals surface area (Å²) in [7, 11) is 1.62. The molecule has 1 aliphatic rings. The molecule has 0 bridgehead atoms. The molecule has 0 radical (unpaired) electrons. The van der Waals surface area contributed by atoms with Gasteiger partial charge in [0.1, 0.15) is 11.6 Å². The third kappa shape index (κ3) is 4.30. The van der Waals surface area contributed by atoms with E-state index in [9.17, 15) is 14.0 Å². The second kappa shape index (κ2) is 8.57. The topological polar surface area (TPSA) is 74.4 Å². The molecular weight excluding hydrogens is 385 g/mol. The Morgan fingerprint density at radius 1 is 1.27 bits per heavy atom. The standard InChI is InChI=1S/C23H24FN3O3/c1-30-19-7-8-21-17(11-19)10-18(26-21)12-25-23(29)16-6-9-22(28)27(14-16)13-15-4-2-3-5-20(15)24/h2-5,7-8,10-11,16,26H,6,9,12-14H2,1H3,(H,25,29)/t16-/m0/s1. The van der Waals surface area contributed by atoms with E-state index >= 15 is 0 Å². The molecule has 2 N–H and O–H groups in total. The highest BCUT2D eigenvalue weighted by Crippen LogP contribution is 2.23. The second-order valence-electron chi connectivity index (χ2n) is 7.57. The highest BCUT2D eigenvalue weighted by atomic mass is 19.1. The maximum atomic E-state index is 13.9. The lowest BCUT2D eigenvalue weighted by atomic mass is 9.96. The van der Waals surface area contributed by atoms with Crippen LogP contribution in [-0.2, 0) is 22.7 Å². The van der Waals surface area contributed by atoms with Crippen molar-refractivity contribution in [2.75, 3.05) is 13.7 Å². The van der Waals surface area contributed by atoms with Crippen molar-refractivity contribution in [1.29, 1.82) is 0 Å². The number of ether oxygens (including phenoxy) is 1. The van der Waals surface area contributed by atoms with Gasteiger partial charge in [0.25, 0.3) is 0 Å². The molecule has 3 aromatic rings. The molecule has 0 spiro atoms. The van der Waals surface area contributed by atoms with Gasteiger partial charge in [-0.05, 0) is 36.8 Å². The van der Waals surface area contributed by atoms with Gasteiger partial charge < -0.3 is 19.9 Å². The summed E-state index contributed by atoms with van der Waals surface area (Å²) in [5.74, 6) is -0.0192. The van der Waals surface area contributed by atoms with Crippen LogP contribution in [0.3, 0.4) is 0 Å². The van der Waals surface area contributed by atoms with E-state index in [0.717, 1.165) is 22.3 Å². The molecule has 1 fully saturated rings. The summed E-state index contributed by atoms with van der Waals surface area (Å²) in [5, 5.41) is 3.97. The maximum Gasteiger partial charge on any atom is 0.225 e. The SMILES string of the molecule is COc1ccc2[nH]c(CNC(=O)[C@H]3CCC(=O)N(Cc4ccccc4F)C3)cc2c1. The van der Waals surface area contributed by atoms with Gasteiger partial charge >= 0.3 is 0 Å². The molecule has 156 valence electrons. The summed E-state index contributed by atoms with van der Waals surface area (Å²) >= 11 is 0. The summed E-state index contributed by atoms with van der Waals surface area (Å²) in [6.07, 6.45) is 0.793. The lowest BCUT2D eigenvalue weighted by molar-refractivity contribution is -0.139. The average molecular weight is 409 g/mol. The minimum atomic E-state index is -0.340. The predicted octanol–water partition coefficient (Wildman–Crippen LogP) is 3.37. The maximum absolute atomic E-state index is 13.9. The van der Waals surface area contributed by atoms with Crippen LogP contribution in [0.5, 0.6) is 5.75 Å². The molecule has 2 aromatic carbocycles. The average Bonchev–Trinajstić information content (AvgIpc) is 3.17. The number of rotatable bonds is 6. The number of hydrogen-bond donors (Lipinski definition) is 2. The van der Waals surface area contributed by atoms with Gasteiger partial charge in [-0.25, -0.2) is 4.39 Å². The first-order valence-electron chi connectivity index (χ1n) is 9.98. The molecule has 0 saturated carbocycles. The van der Waals surface area contributed by atoms with Crippen molar-refractivity contribution < 1.29 is 18.7 Å². The minimum Gasteiger partial charge on any atom is -0.497 e. The number of piperidine rings is 1. The highest BCUT2D eigenvalue weighted by Gasteiger charge is 2.30. The van der Waals surface area contributed by atoms with Gasteiger partial charge in [0, 0.05) is 41.7 Å². The monoisotopic (exact) mass is 409 g/mol. The number of carbonyl (C=O) groups excluding carboxylic acids is 2. The fourth-order valence-corrected chi connectivity index (χ4v) is 3.83. The van der Waals surface area contributed by atoms with Crippen LogP contribution < -0.4 is 10.1 Å². The number of aromatic nitrogens is 1. The van der Waals surface area contributed by atoms with Crippen molar-refractivity contribution in [3.8, 4) is 5.75 Å². The number of methoxy groups -OCH3 is 1. The number of nitrogens with one attached hydrogen (secondary N) is 2. The van der Waals surface area contributed by atoms with Crippen LogP contribution in [0.2, 0.25) is 0 Å². The minimum absolute atomic E-state index is 0.0492. The zero-order valence-electron chi connectivity index (χ0n) is 16.8.